The van der Waals surface area contributed by atoms with Crippen LogP contribution in [0.2, 0.25) is 0 Å². The van der Waals surface area contributed by atoms with Gasteiger partial charge in [-0.05, 0) is 10.8 Å². The molecule has 86 valence electrons. The normalized spacial score (nSPS) is 13.2. The summed E-state index contributed by atoms with van der Waals surface area (Å²) in [4.78, 5) is 4.51. The van der Waals surface area contributed by atoms with Gasteiger partial charge in [0.1, 0.15) is 5.82 Å². The Balaban J connectivity index is 2.65. The molecule has 0 aliphatic carbocycles. The SMILES string of the molecule is CC(C)(C)Cc1n[nH]c(CC(C)(C)C)n1. The van der Waals surface area contributed by atoms with Crippen molar-refractivity contribution in [1.29, 1.82) is 0 Å². The Bertz CT molecular complexity index is 282. The summed E-state index contributed by atoms with van der Waals surface area (Å²) in [6.07, 6.45) is 1.87. The van der Waals surface area contributed by atoms with Gasteiger partial charge in [0.2, 0.25) is 0 Å². The highest BCUT2D eigenvalue weighted by Crippen LogP contribution is 2.20. The smallest absolute Gasteiger partial charge is 0.151 e. The van der Waals surface area contributed by atoms with E-state index in [1.165, 1.54) is 0 Å². The third kappa shape index (κ3) is 4.96. The average molecular weight is 209 g/mol. The van der Waals surface area contributed by atoms with E-state index in [4.69, 9.17) is 0 Å². The highest BCUT2D eigenvalue weighted by atomic mass is 15.2. The van der Waals surface area contributed by atoms with Gasteiger partial charge in [0, 0.05) is 12.8 Å². The molecule has 0 aliphatic heterocycles. The van der Waals surface area contributed by atoms with Gasteiger partial charge in [0.15, 0.2) is 5.82 Å². The summed E-state index contributed by atoms with van der Waals surface area (Å²) in [5.74, 6) is 1.93. The van der Waals surface area contributed by atoms with E-state index in [9.17, 15) is 0 Å². The number of nitrogens with zero attached hydrogens (tertiary/aromatic N) is 2. The molecule has 1 N–H and O–H groups in total. The first-order chi connectivity index (χ1) is 6.66. The maximum absolute atomic E-state index is 4.51. The molecule has 1 rings (SSSR count). The maximum Gasteiger partial charge on any atom is 0.151 e. The highest BCUT2D eigenvalue weighted by Gasteiger charge is 2.17. The first-order valence-corrected chi connectivity index (χ1v) is 5.56. The summed E-state index contributed by atoms with van der Waals surface area (Å²) in [5.41, 5.74) is 0.514. The quantitative estimate of drug-likeness (QED) is 0.813. The lowest BCUT2D eigenvalue weighted by atomic mass is 9.91. The van der Waals surface area contributed by atoms with Gasteiger partial charge in [-0.2, -0.15) is 5.10 Å². The van der Waals surface area contributed by atoms with E-state index in [2.05, 4.69) is 56.7 Å². The fourth-order valence-electron chi connectivity index (χ4n) is 1.47. The molecule has 1 heterocycles. The number of aromatic nitrogens is 3. The topological polar surface area (TPSA) is 41.6 Å². The summed E-state index contributed by atoms with van der Waals surface area (Å²) in [6, 6.07) is 0. The van der Waals surface area contributed by atoms with Crippen LogP contribution in [0.1, 0.15) is 53.2 Å². The number of hydrogen-bond donors (Lipinski definition) is 1. The molecule has 3 nitrogen and oxygen atoms in total. The number of hydrogen-bond acceptors (Lipinski definition) is 2. The van der Waals surface area contributed by atoms with Gasteiger partial charge < -0.3 is 0 Å². The van der Waals surface area contributed by atoms with E-state index in [1.54, 1.807) is 0 Å². The molecule has 15 heavy (non-hydrogen) atoms. The molecule has 1 aromatic rings. The second-order valence-electron chi connectivity index (χ2n) is 6.67. The number of rotatable bonds is 2. The molecule has 0 radical (unpaired) electrons. The van der Waals surface area contributed by atoms with Crippen molar-refractivity contribution in [2.45, 2.75) is 54.4 Å². The molecular formula is C12H23N3. The molecular weight excluding hydrogens is 186 g/mol. The van der Waals surface area contributed by atoms with Crippen LogP contribution in [0.4, 0.5) is 0 Å². The van der Waals surface area contributed by atoms with E-state index >= 15 is 0 Å². The molecule has 0 saturated carbocycles. The number of aromatic amines is 1. The fraction of sp³-hybridized carbons (Fsp3) is 0.833. The van der Waals surface area contributed by atoms with Crippen molar-refractivity contribution in [2.75, 3.05) is 0 Å². The van der Waals surface area contributed by atoms with Crippen LogP contribution < -0.4 is 0 Å². The van der Waals surface area contributed by atoms with Crippen molar-refractivity contribution < 1.29 is 0 Å². The lowest BCUT2D eigenvalue weighted by Crippen LogP contribution is -2.11. The molecule has 0 aromatic carbocycles. The van der Waals surface area contributed by atoms with Crippen LogP contribution in [-0.2, 0) is 12.8 Å². The van der Waals surface area contributed by atoms with Gasteiger partial charge >= 0.3 is 0 Å². The lowest BCUT2D eigenvalue weighted by Gasteiger charge is -2.16. The van der Waals surface area contributed by atoms with Crippen LogP contribution in [0.25, 0.3) is 0 Å². The Morgan fingerprint density at radius 3 is 1.93 bits per heavy atom. The number of H-pyrrole nitrogens is 1. The first kappa shape index (κ1) is 12.2. The van der Waals surface area contributed by atoms with Crippen LogP contribution in [-0.4, -0.2) is 15.2 Å². The average Bonchev–Trinajstić information content (AvgIpc) is 2.28. The summed E-state index contributed by atoms with van der Waals surface area (Å²) in [6.45, 7) is 13.2. The largest absolute Gasteiger partial charge is 0.263 e. The monoisotopic (exact) mass is 209 g/mol. The third-order valence-electron chi connectivity index (χ3n) is 1.96. The zero-order chi connectivity index (χ0) is 11.7. The zero-order valence-corrected chi connectivity index (χ0v) is 10.8. The lowest BCUT2D eigenvalue weighted by molar-refractivity contribution is 0.396. The predicted octanol–water partition coefficient (Wildman–Crippen LogP) is 2.98. The van der Waals surface area contributed by atoms with Crippen LogP contribution in [0.3, 0.4) is 0 Å². The predicted molar refractivity (Wildman–Crippen MR) is 62.7 cm³/mol. The maximum atomic E-state index is 4.51. The minimum atomic E-state index is 0.251. The Morgan fingerprint density at radius 2 is 1.47 bits per heavy atom. The van der Waals surface area contributed by atoms with Gasteiger partial charge in [0.25, 0.3) is 0 Å². The van der Waals surface area contributed by atoms with E-state index in [0.717, 1.165) is 24.5 Å². The van der Waals surface area contributed by atoms with Crippen molar-refractivity contribution >= 4 is 0 Å². The van der Waals surface area contributed by atoms with Crippen LogP contribution in [0, 0.1) is 10.8 Å². The molecule has 0 aliphatic rings. The summed E-state index contributed by atoms with van der Waals surface area (Å²) >= 11 is 0. The van der Waals surface area contributed by atoms with E-state index in [-0.39, 0.29) is 10.8 Å². The molecule has 1 aromatic heterocycles. The molecule has 0 unspecified atom stereocenters. The minimum Gasteiger partial charge on any atom is -0.263 e. The standard InChI is InChI=1S/C12H23N3/c1-11(2,3)7-9-13-10(15-14-9)8-12(4,5)6/h7-8H2,1-6H3,(H,13,14,15). The first-order valence-electron chi connectivity index (χ1n) is 5.56. The van der Waals surface area contributed by atoms with Crippen molar-refractivity contribution in [3.8, 4) is 0 Å². The van der Waals surface area contributed by atoms with E-state index in [1.807, 2.05) is 0 Å². The van der Waals surface area contributed by atoms with Gasteiger partial charge in [0.05, 0.1) is 0 Å². The van der Waals surface area contributed by atoms with Crippen LogP contribution >= 0.6 is 0 Å². The third-order valence-corrected chi connectivity index (χ3v) is 1.96. The number of nitrogens with one attached hydrogen (secondary N) is 1. The van der Waals surface area contributed by atoms with Gasteiger partial charge in [-0.3, -0.25) is 5.10 Å². The van der Waals surface area contributed by atoms with Crippen molar-refractivity contribution in [1.82, 2.24) is 15.2 Å². The van der Waals surface area contributed by atoms with E-state index in [0.29, 0.717) is 0 Å². The Hall–Kier alpha value is -0.860. The van der Waals surface area contributed by atoms with Gasteiger partial charge in [-0.15, -0.1) is 0 Å². The molecule has 0 amide bonds. The molecule has 3 heteroatoms. The Kier molecular flexibility index (Phi) is 3.22. The van der Waals surface area contributed by atoms with E-state index < -0.39 is 0 Å². The van der Waals surface area contributed by atoms with Crippen molar-refractivity contribution in [3.05, 3.63) is 11.6 Å². The Labute approximate surface area is 92.7 Å². The second-order valence-corrected chi connectivity index (χ2v) is 6.67. The highest BCUT2D eigenvalue weighted by molar-refractivity contribution is 4.95. The van der Waals surface area contributed by atoms with Crippen molar-refractivity contribution in [2.24, 2.45) is 10.8 Å². The molecule has 0 fully saturated rings. The fourth-order valence-corrected chi connectivity index (χ4v) is 1.47. The summed E-state index contributed by atoms with van der Waals surface area (Å²) in [7, 11) is 0. The second kappa shape index (κ2) is 3.95. The van der Waals surface area contributed by atoms with Crippen LogP contribution in [0.5, 0.6) is 0 Å². The summed E-state index contributed by atoms with van der Waals surface area (Å²) < 4.78 is 0. The van der Waals surface area contributed by atoms with Gasteiger partial charge in [-0.25, -0.2) is 4.98 Å². The van der Waals surface area contributed by atoms with Gasteiger partial charge in [-0.1, -0.05) is 41.5 Å². The molecule has 0 spiro atoms. The summed E-state index contributed by atoms with van der Waals surface area (Å²) in [5, 5.41) is 7.27. The van der Waals surface area contributed by atoms with Crippen molar-refractivity contribution in [3.63, 3.8) is 0 Å². The zero-order valence-electron chi connectivity index (χ0n) is 10.8. The molecule has 0 bridgehead atoms. The molecule has 0 saturated heterocycles. The Morgan fingerprint density at radius 1 is 0.933 bits per heavy atom. The minimum absolute atomic E-state index is 0.251. The van der Waals surface area contributed by atoms with Crippen LogP contribution in [0.15, 0.2) is 0 Å². The molecule has 0 atom stereocenters.